The smallest absolute Gasteiger partial charge is 0.205 e. The third-order valence-corrected chi connectivity index (χ3v) is 3.70. The van der Waals surface area contributed by atoms with Gasteiger partial charge in [0.25, 0.3) is 0 Å². The van der Waals surface area contributed by atoms with Crippen LogP contribution in [0.25, 0.3) is 16.7 Å². The van der Waals surface area contributed by atoms with E-state index in [1.807, 2.05) is 41.8 Å². The number of fused-ring (bicyclic) bond motifs is 1. The second-order valence-corrected chi connectivity index (χ2v) is 5.22. The van der Waals surface area contributed by atoms with Gasteiger partial charge in [0.15, 0.2) is 0 Å². The Labute approximate surface area is 120 Å². The third kappa shape index (κ3) is 2.05. The highest BCUT2D eigenvalue weighted by molar-refractivity contribution is 6.31. The average molecular weight is 292 g/mol. The number of rotatable bonds is 1. The highest BCUT2D eigenvalue weighted by atomic mass is 35.5. The van der Waals surface area contributed by atoms with E-state index in [1.165, 1.54) is 0 Å². The minimum atomic E-state index is 0.414. The predicted octanol–water partition coefficient (Wildman–Crippen LogP) is 4.22. The summed E-state index contributed by atoms with van der Waals surface area (Å²) in [7, 11) is 0. The molecule has 3 aromatic rings. The lowest BCUT2D eigenvalue weighted by molar-refractivity contribution is 1.11. The summed E-state index contributed by atoms with van der Waals surface area (Å²) in [4.78, 5) is 4.32. The van der Waals surface area contributed by atoms with Gasteiger partial charge in [-0.1, -0.05) is 29.3 Å². The molecule has 2 aromatic carbocycles. The van der Waals surface area contributed by atoms with E-state index in [2.05, 4.69) is 4.98 Å². The van der Waals surface area contributed by atoms with Crippen LogP contribution < -0.4 is 5.73 Å². The van der Waals surface area contributed by atoms with E-state index in [0.29, 0.717) is 16.0 Å². The van der Waals surface area contributed by atoms with E-state index in [-0.39, 0.29) is 0 Å². The zero-order chi connectivity index (χ0) is 13.6. The summed E-state index contributed by atoms with van der Waals surface area (Å²) in [6.45, 7) is 1.96. The molecule has 0 spiro atoms. The maximum atomic E-state index is 6.16. The molecule has 0 aliphatic rings. The van der Waals surface area contributed by atoms with Gasteiger partial charge >= 0.3 is 0 Å². The van der Waals surface area contributed by atoms with Gasteiger partial charge < -0.3 is 5.73 Å². The van der Waals surface area contributed by atoms with E-state index >= 15 is 0 Å². The molecule has 0 amide bonds. The van der Waals surface area contributed by atoms with Crippen LogP contribution in [0.3, 0.4) is 0 Å². The predicted molar refractivity (Wildman–Crippen MR) is 80.2 cm³/mol. The number of hydrogen-bond donors (Lipinski definition) is 1. The van der Waals surface area contributed by atoms with Crippen molar-refractivity contribution in [3.8, 4) is 5.69 Å². The topological polar surface area (TPSA) is 43.8 Å². The number of aromatic nitrogens is 2. The first-order valence-corrected chi connectivity index (χ1v) is 6.52. The third-order valence-electron chi connectivity index (χ3n) is 3.06. The lowest BCUT2D eigenvalue weighted by Crippen LogP contribution is -2.00. The number of imidazole rings is 1. The van der Waals surface area contributed by atoms with Crippen LogP contribution in [-0.2, 0) is 0 Å². The Morgan fingerprint density at radius 2 is 1.89 bits per heavy atom. The Morgan fingerprint density at radius 1 is 1.11 bits per heavy atom. The lowest BCUT2D eigenvalue weighted by Gasteiger charge is -2.08. The fourth-order valence-corrected chi connectivity index (χ4v) is 2.41. The van der Waals surface area contributed by atoms with Crippen molar-refractivity contribution in [2.75, 3.05) is 5.73 Å². The molecule has 0 bridgehead atoms. The minimum absolute atomic E-state index is 0.414. The molecule has 0 saturated heterocycles. The maximum Gasteiger partial charge on any atom is 0.205 e. The first-order chi connectivity index (χ1) is 9.06. The number of nitrogens with two attached hydrogens (primary N) is 1. The summed E-state index contributed by atoms with van der Waals surface area (Å²) >= 11 is 12.1. The minimum Gasteiger partial charge on any atom is -0.369 e. The molecule has 5 heteroatoms. The van der Waals surface area contributed by atoms with E-state index in [1.54, 1.807) is 6.07 Å². The molecule has 96 valence electrons. The van der Waals surface area contributed by atoms with Crippen molar-refractivity contribution in [1.29, 1.82) is 0 Å². The Kier molecular flexibility index (Phi) is 2.88. The van der Waals surface area contributed by atoms with Gasteiger partial charge in [-0.2, -0.15) is 0 Å². The second kappa shape index (κ2) is 4.44. The fourth-order valence-electron chi connectivity index (χ4n) is 2.06. The Hall–Kier alpha value is -1.71. The maximum absolute atomic E-state index is 6.16. The molecule has 0 fully saturated rings. The van der Waals surface area contributed by atoms with Crippen LogP contribution in [0.15, 0.2) is 36.4 Å². The number of nitrogens with zero attached hydrogens (tertiary/aromatic N) is 2. The van der Waals surface area contributed by atoms with Gasteiger partial charge in [0, 0.05) is 10.0 Å². The molecule has 0 aliphatic heterocycles. The normalized spacial score (nSPS) is 11.1. The molecular formula is C14H11Cl2N3. The van der Waals surface area contributed by atoms with Crippen molar-refractivity contribution >= 4 is 40.2 Å². The average Bonchev–Trinajstić information content (AvgIpc) is 2.68. The molecule has 0 saturated carbocycles. The summed E-state index contributed by atoms with van der Waals surface area (Å²) < 4.78 is 1.86. The van der Waals surface area contributed by atoms with Crippen LogP contribution in [0.5, 0.6) is 0 Å². The number of halogens is 2. The van der Waals surface area contributed by atoms with Crippen LogP contribution in [-0.4, -0.2) is 9.55 Å². The molecule has 1 heterocycles. The van der Waals surface area contributed by atoms with Crippen molar-refractivity contribution in [1.82, 2.24) is 9.55 Å². The van der Waals surface area contributed by atoms with Gasteiger partial charge in [0.2, 0.25) is 5.95 Å². The zero-order valence-corrected chi connectivity index (χ0v) is 11.7. The summed E-state index contributed by atoms with van der Waals surface area (Å²) in [5.41, 5.74) is 9.57. The Morgan fingerprint density at radius 3 is 2.63 bits per heavy atom. The van der Waals surface area contributed by atoms with Crippen LogP contribution >= 0.6 is 23.2 Å². The quantitative estimate of drug-likeness (QED) is 0.729. The molecule has 0 unspecified atom stereocenters. The molecular weight excluding hydrogens is 281 g/mol. The number of nitrogen functional groups attached to an aromatic ring is 1. The Balaban J connectivity index is 2.29. The summed E-state index contributed by atoms with van der Waals surface area (Å²) in [5, 5.41) is 1.34. The van der Waals surface area contributed by atoms with Crippen LogP contribution in [0.4, 0.5) is 5.95 Å². The highest BCUT2D eigenvalue weighted by Crippen LogP contribution is 2.27. The molecule has 3 nitrogen and oxygen atoms in total. The van der Waals surface area contributed by atoms with E-state index in [9.17, 15) is 0 Å². The van der Waals surface area contributed by atoms with E-state index in [4.69, 9.17) is 28.9 Å². The zero-order valence-electron chi connectivity index (χ0n) is 10.2. The number of hydrogen-bond acceptors (Lipinski definition) is 2. The van der Waals surface area contributed by atoms with Gasteiger partial charge in [-0.3, -0.25) is 4.57 Å². The number of aryl methyl sites for hydroxylation is 1. The second-order valence-electron chi connectivity index (χ2n) is 4.37. The Bertz CT molecular complexity index is 778. The van der Waals surface area contributed by atoms with Crippen molar-refractivity contribution in [3.05, 3.63) is 52.0 Å². The van der Waals surface area contributed by atoms with Crippen molar-refractivity contribution < 1.29 is 0 Å². The summed E-state index contributed by atoms with van der Waals surface area (Å²) in [5.74, 6) is 0.414. The van der Waals surface area contributed by atoms with Crippen molar-refractivity contribution in [3.63, 3.8) is 0 Å². The van der Waals surface area contributed by atoms with Gasteiger partial charge in [0.1, 0.15) is 0 Å². The van der Waals surface area contributed by atoms with Crippen LogP contribution in [0.1, 0.15) is 5.56 Å². The summed E-state index contributed by atoms with van der Waals surface area (Å²) in [6.07, 6.45) is 0. The highest BCUT2D eigenvalue weighted by Gasteiger charge is 2.11. The lowest BCUT2D eigenvalue weighted by atomic mass is 10.2. The van der Waals surface area contributed by atoms with Gasteiger partial charge in [-0.05, 0) is 42.8 Å². The fraction of sp³-hybridized carbons (Fsp3) is 0.0714. The SMILES string of the molecule is Cc1ccc(-n2c(N)nc3cc(Cl)ccc32)cc1Cl. The first kappa shape index (κ1) is 12.3. The number of benzene rings is 2. The molecule has 2 N–H and O–H groups in total. The van der Waals surface area contributed by atoms with Crippen LogP contribution in [0, 0.1) is 6.92 Å². The van der Waals surface area contributed by atoms with E-state index in [0.717, 1.165) is 22.3 Å². The van der Waals surface area contributed by atoms with Gasteiger partial charge in [0.05, 0.1) is 16.7 Å². The molecule has 3 rings (SSSR count). The molecule has 0 aliphatic carbocycles. The summed E-state index contributed by atoms with van der Waals surface area (Å²) in [6, 6.07) is 11.3. The van der Waals surface area contributed by atoms with Crippen molar-refractivity contribution in [2.45, 2.75) is 6.92 Å². The largest absolute Gasteiger partial charge is 0.369 e. The molecule has 0 radical (unpaired) electrons. The standard InChI is InChI=1S/C14H11Cl2N3/c1-8-2-4-10(7-11(8)16)19-13-5-3-9(15)6-12(13)18-14(19)17/h2-7H,1H3,(H2,17,18). The first-order valence-electron chi connectivity index (χ1n) is 5.76. The molecule has 1 aromatic heterocycles. The molecule has 19 heavy (non-hydrogen) atoms. The van der Waals surface area contributed by atoms with Crippen molar-refractivity contribution in [2.24, 2.45) is 0 Å². The van der Waals surface area contributed by atoms with Crippen LogP contribution in [0.2, 0.25) is 10.0 Å². The van der Waals surface area contributed by atoms with Gasteiger partial charge in [-0.15, -0.1) is 0 Å². The monoisotopic (exact) mass is 291 g/mol. The molecule has 0 atom stereocenters. The number of anilines is 1. The van der Waals surface area contributed by atoms with Gasteiger partial charge in [-0.25, -0.2) is 4.98 Å². The van der Waals surface area contributed by atoms with E-state index < -0.39 is 0 Å².